The molecule has 10 heavy (non-hydrogen) atoms. The van der Waals surface area contributed by atoms with E-state index in [0.29, 0.717) is 4.68 Å². The van der Waals surface area contributed by atoms with Gasteiger partial charge in [0.05, 0.1) is 0 Å². The van der Waals surface area contributed by atoms with Gasteiger partial charge in [0.2, 0.25) is 0 Å². The monoisotopic (exact) mass is 184 g/mol. The maximum atomic E-state index is 10.5. The second-order valence-corrected chi connectivity index (χ2v) is 4.04. The first-order chi connectivity index (χ1) is 4.77. The third-order valence-corrected chi connectivity index (χ3v) is 2.46. The predicted molar refractivity (Wildman–Crippen MR) is 39.6 cm³/mol. The van der Waals surface area contributed by atoms with Gasteiger partial charge >= 0.3 is 69.3 Å². The predicted octanol–water partition coefficient (Wildman–Crippen LogP) is 2.61. The zero-order valence-electron chi connectivity index (χ0n) is 6.80. The molecule has 0 aliphatic carbocycles. The Morgan fingerprint density at radius 1 is 1.30 bits per heavy atom. The van der Waals surface area contributed by atoms with Gasteiger partial charge in [0.25, 0.3) is 0 Å². The van der Waals surface area contributed by atoms with Crippen molar-refractivity contribution in [1.82, 2.24) is 0 Å². The maximum absolute atomic E-state index is 10.5. The molecule has 0 N–H and O–H groups in total. The number of hydrogen-bond acceptors (Lipinski definition) is 1. The summed E-state index contributed by atoms with van der Waals surface area (Å²) < 4.78 is 0.330. The van der Waals surface area contributed by atoms with E-state index in [1.807, 2.05) is 0 Å². The molecule has 0 rings (SSSR count). The summed E-state index contributed by atoms with van der Waals surface area (Å²) in [4.78, 5) is 10.5. The van der Waals surface area contributed by atoms with Crippen molar-refractivity contribution in [3.05, 3.63) is 0 Å². The van der Waals surface area contributed by atoms with Crippen molar-refractivity contribution in [2.45, 2.75) is 44.9 Å². The van der Waals surface area contributed by atoms with Crippen LogP contribution in [0.3, 0.4) is 0 Å². The first-order valence-electron chi connectivity index (χ1n) is 3.84. The van der Waals surface area contributed by atoms with E-state index < -0.39 is 0 Å². The fourth-order valence-corrected chi connectivity index (χ4v) is 1.56. The summed E-state index contributed by atoms with van der Waals surface area (Å²) in [6, 6.07) is 0. The molecule has 0 aromatic rings. The average molecular weight is 184 g/mol. The van der Waals surface area contributed by atoms with Crippen molar-refractivity contribution in [2.75, 3.05) is 0 Å². The molecular weight excluding hydrogens is 168 g/mol. The Hall–Kier alpha value is 0.189. The van der Waals surface area contributed by atoms with Gasteiger partial charge in [-0.3, -0.25) is 0 Å². The molecular formula is C8H16FeO. The zero-order chi connectivity index (χ0) is 7.82. The van der Waals surface area contributed by atoms with Crippen molar-refractivity contribution in [1.29, 1.82) is 0 Å². The van der Waals surface area contributed by atoms with E-state index >= 15 is 0 Å². The van der Waals surface area contributed by atoms with Crippen molar-refractivity contribution >= 4 is 4.68 Å². The molecule has 0 aromatic heterocycles. The van der Waals surface area contributed by atoms with Crippen LogP contribution in [0.1, 0.15) is 39.5 Å². The number of hydrogen-bond donors (Lipinski definition) is 0. The Morgan fingerprint density at radius 2 is 2.00 bits per heavy atom. The Labute approximate surface area is 69.7 Å². The van der Waals surface area contributed by atoms with E-state index in [9.17, 15) is 4.79 Å². The van der Waals surface area contributed by atoms with Crippen LogP contribution in [-0.2, 0) is 19.8 Å². The number of unbranched alkanes of at least 4 members (excludes halogenated alkanes) is 3. The molecule has 0 bridgehead atoms. The van der Waals surface area contributed by atoms with Gasteiger partial charge in [-0.15, -0.1) is 0 Å². The van der Waals surface area contributed by atoms with E-state index in [1.165, 1.54) is 25.7 Å². The molecule has 1 nitrogen and oxygen atoms in total. The summed E-state index contributed by atoms with van der Waals surface area (Å²) in [6.07, 6.45) is 5.12. The number of rotatable bonds is 6. The summed E-state index contributed by atoms with van der Waals surface area (Å²) >= 11 is 0.781. The summed E-state index contributed by atoms with van der Waals surface area (Å²) in [6.45, 7) is 3.87. The molecule has 2 heteroatoms. The molecule has 0 fully saturated rings. The van der Waals surface area contributed by atoms with Crippen LogP contribution in [0.4, 0.5) is 0 Å². The molecule has 0 heterocycles. The van der Waals surface area contributed by atoms with Gasteiger partial charge in [-0.25, -0.2) is 0 Å². The van der Waals surface area contributed by atoms with Crippen molar-refractivity contribution in [3.8, 4) is 0 Å². The normalized spacial score (nSPS) is 10.2. The summed E-state index contributed by atoms with van der Waals surface area (Å²) in [5.41, 5.74) is 0. The molecule has 0 saturated carbocycles. The van der Waals surface area contributed by atoms with Gasteiger partial charge in [0, 0.05) is 0 Å². The third kappa shape index (κ3) is 8.19. The molecule has 0 amide bonds. The fourth-order valence-electron chi connectivity index (χ4n) is 0.702. The van der Waals surface area contributed by atoms with Crippen LogP contribution in [0.25, 0.3) is 0 Å². The number of carbonyl (C=O) groups is 1. The zero-order valence-corrected chi connectivity index (χ0v) is 7.90. The molecule has 0 spiro atoms. The SMILES string of the molecule is CCCCC[CH2][Fe][C](C)=O. The second kappa shape index (κ2) is 7.30. The van der Waals surface area contributed by atoms with Crippen molar-refractivity contribution < 1.29 is 19.8 Å². The average Bonchev–Trinajstić information content (AvgIpc) is 1.87. The van der Waals surface area contributed by atoms with E-state index in [1.54, 1.807) is 6.92 Å². The van der Waals surface area contributed by atoms with Crippen LogP contribution in [-0.4, -0.2) is 4.68 Å². The molecule has 62 valence electrons. The third-order valence-electron chi connectivity index (χ3n) is 1.24. The molecule has 0 unspecified atom stereocenters. The summed E-state index contributed by atoms with van der Waals surface area (Å²) in [5, 5.41) is 1.09. The van der Waals surface area contributed by atoms with Gasteiger partial charge in [0.15, 0.2) is 0 Å². The van der Waals surface area contributed by atoms with Crippen LogP contribution in [0.15, 0.2) is 0 Å². The van der Waals surface area contributed by atoms with E-state index in [0.717, 1.165) is 20.3 Å². The van der Waals surface area contributed by atoms with Gasteiger partial charge in [-0.05, 0) is 0 Å². The Bertz CT molecular complexity index is 91.3. The van der Waals surface area contributed by atoms with Crippen LogP contribution in [0.5, 0.6) is 0 Å². The van der Waals surface area contributed by atoms with E-state index in [2.05, 4.69) is 6.92 Å². The second-order valence-electron chi connectivity index (χ2n) is 2.32. The topological polar surface area (TPSA) is 17.1 Å². The molecule has 0 aliphatic heterocycles. The van der Waals surface area contributed by atoms with Crippen LogP contribution in [0, 0.1) is 0 Å². The van der Waals surface area contributed by atoms with E-state index in [4.69, 9.17) is 0 Å². The fraction of sp³-hybridized carbons (Fsp3) is 0.875. The molecule has 0 aromatic carbocycles. The first-order valence-corrected chi connectivity index (χ1v) is 5.17. The van der Waals surface area contributed by atoms with Gasteiger partial charge in [-0.2, -0.15) is 0 Å². The van der Waals surface area contributed by atoms with Gasteiger partial charge < -0.3 is 0 Å². The standard InChI is InChI=1S/C6H13.C2H3O.Fe/c1-3-5-6-4-2;1-2-3;/h1,3-6H2,2H3;1H3;. The molecule has 0 radical (unpaired) electrons. The Balaban J connectivity index is 2.84. The Kier molecular flexibility index (Phi) is 7.44. The van der Waals surface area contributed by atoms with Crippen LogP contribution in [0.2, 0.25) is 5.32 Å². The van der Waals surface area contributed by atoms with Crippen molar-refractivity contribution in [2.24, 2.45) is 0 Å². The minimum absolute atomic E-state index is 0.330. The Morgan fingerprint density at radius 3 is 2.50 bits per heavy atom. The molecule has 0 saturated heterocycles. The summed E-state index contributed by atoms with van der Waals surface area (Å²) in [5.74, 6) is 0. The van der Waals surface area contributed by atoms with Crippen LogP contribution < -0.4 is 0 Å². The van der Waals surface area contributed by atoms with Gasteiger partial charge in [-0.1, -0.05) is 0 Å². The molecule has 0 atom stereocenters. The minimum atomic E-state index is 0.330. The first kappa shape index (κ1) is 10.2. The van der Waals surface area contributed by atoms with Crippen molar-refractivity contribution in [3.63, 3.8) is 0 Å². The van der Waals surface area contributed by atoms with Crippen LogP contribution >= 0.6 is 0 Å². The summed E-state index contributed by atoms with van der Waals surface area (Å²) in [7, 11) is 0. The number of carbonyl (C=O) groups excluding carboxylic acids is 1. The quantitative estimate of drug-likeness (QED) is 0.458. The van der Waals surface area contributed by atoms with Gasteiger partial charge in [0.1, 0.15) is 0 Å². The molecule has 0 aliphatic rings. The van der Waals surface area contributed by atoms with E-state index in [-0.39, 0.29) is 0 Å².